The number of amides is 2. The molecule has 2 aliphatic rings. The van der Waals surface area contributed by atoms with Crippen LogP contribution in [0.4, 0.5) is 5.69 Å². The fraction of sp³-hybridized carbons (Fsp3) is 0.156. The number of carbonyl (C=O) groups is 4. The Morgan fingerprint density at radius 2 is 1.59 bits per heavy atom. The molecule has 4 aromatic rings. The van der Waals surface area contributed by atoms with Crippen LogP contribution in [0.15, 0.2) is 84.9 Å². The molecule has 9 heteroatoms. The van der Waals surface area contributed by atoms with Gasteiger partial charge in [0.25, 0.3) is 0 Å². The SMILES string of the molecule is O=C(COC(=O)c1cc(-c2ccc(N3C(=O)C4CC=CCC4C3=O)cc2)nc2ccc(Cl)cc12)c1ccccc1O. The standard InChI is InChI=1S/C32H23ClN2O6/c33-19-11-14-26-24(15-19)25(32(40)41-17-29(37)23-7-3-4-8-28(23)36)16-27(34-26)18-9-12-20(13-10-18)35-30(38)21-5-1-2-6-22(21)31(35)39/h1-4,7-16,21-22,36H,5-6,17H2. The van der Waals surface area contributed by atoms with E-state index in [4.69, 9.17) is 16.3 Å². The lowest BCUT2D eigenvalue weighted by Gasteiger charge is -2.15. The summed E-state index contributed by atoms with van der Waals surface area (Å²) in [6, 6.07) is 19.3. The average Bonchev–Trinajstić information content (AvgIpc) is 3.25. The predicted molar refractivity (Wildman–Crippen MR) is 153 cm³/mol. The number of para-hydroxylation sites is 1. The minimum absolute atomic E-state index is 0.0502. The number of allylic oxidation sites excluding steroid dienone is 2. The van der Waals surface area contributed by atoms with E-state index >= 15 is 0 Å². The van der Waals surface area contributed by atoms with E-state index in [0.717, 1.165) is 0 Å². The molecule has 2 unspecified atom stereocenters. The number of fused-ring (bicyclic) bond motifs is 2. The van der Waals surface area contributed by atoms with Crippen LogP contribution >= 0.6 is 11.6 Å². The van der Waals surface area contributed by atoms with Crippen molar-refractivity contribution in [1.82, 2.24) is 4.98 Å². The lowest BCUT2D eigenvalue weighted by atomic mass is 9.85. The van der Waals surface area contributed by atoms with E-state index in [1.165, 1.54) is 17.0 Å². The number of phenols is 1. The molecule has 1 aliphatic carbocycles. The number of phenolic OH excluding ortho intramolecular Hbond substituents is 1. The highest BCUT2D eigenvalue weighted by Crippen LogP contribution is 2.38. The number of ketones is 1. The monoisotopic (exact) mass is 566 g/mol. The molecule has 0 saturated carbocycles. The van der Waals surface area contributed by atoms with Gasteiger partial charge in [0, 0.05) is 16.0 Å². The summed E-state index contributed by atoms with van der Waals surface area (Å²) in [5.74, 6) is -2.55. The van der Waals surface area contributed by atoms with Crippen molar-refractivity contribution in [2.24, 2.45) is 11.8 Å². The number of nitrogens with zero attached hydrogens (tertiary/aromatic N) is 2. The van der Waals surface area contributed by atoms with E-state index in [0.29, 0.717) is 45.7 Å². The van der Waals surface area contributed by atoms with Crippen molar-refractivity contribution >= 4 is 51.8 Å². The van der Waals surface area contributed by atoms with E-state index in [9.17, 15) is 24.3 Å². The van der Waals surface area contributed by atoms with Gasteiger partial charge in [-0.2, -0.15) is 0 Å². The van der Waals surface area contributed by atoms with Gasteiger partial charge < -0.3 is 9.84 Å². The third-order valence-corrected chi connectivity index (χ3v) is 7.69. The number of benzene rings is 3. The highest BCUT2D eigenvalue weighted by Gasteiger charge is 2.47. The normalized spacial score (nSPS) is 18.0. The lowest BCUT2D eigenvalue weighted by Crippen LogP contribution is -2.30. The summed E-state index contributed by atoms with van der Waals surface area (Å²) in [5, 5.41) is 10.8. The Bertz CT molecular complexity index is 1740. The summed E-state index contributed by atoms with van der Waals surface area (Å²) >= 11 is 6.20. The summed E-state index contributed by atoms with van der Waals surface area (Å²) in [6.45, 7) is -0.569. The van der Waals surface area contributed by atoms with Crippen LogP contribution in [0.25, 0.3) is 22.2 Å². The van der Waals surface area contributed by atoms with Gasteiger partial charge in [-0.15, -0.1) is 0 Å². The molecule has 2 amide bonds. The third-order valence-electron chi connectivity index (χ3n) is 7.46. The average molecular weight is 567 g/mol. The maximum atomic E-state index is 13.2. The third kappa shape index (κ3) is 4.87. The van der Waals surface area contributed by atoms with Crippen molar-refractivity contribution in [2.45, 2.75) is 12.8 Å². The first-order valence-corrected chi connectivity index (χ1v) is 13.4. The van der Waals surface area contributed by atoms with Crippen LogP contribution in [0, 0.1) is 11.8 Å². The highest BCUT2D eigenvalue weighted by molar-refractivity contribution is 6.31. The highest BCUT2D eigenvalue weighted by atomic mass is 35.5. The van der Waals surface area contributed by atoms with Gasteiger partial charge in [0.15, 0.2) is 6.61 Å². The molecule has 1 aliphatic heterocycles. The largest absolute Gasteiger partial charge is 0.507 e. The maximum Gasteiger partial charge on any atom is 0.339 e. The fourth-order valence-corrected chi connectivity index (χ4v) is 5.52. The molecule has 8 nitrogen and oxygen atoms in total. The zero-order chi connectivity index (χ0) is 28.7. The van der Waals surface area contributed by atoms with Crippen LogP contribution < -0.4 is 4.90 Å². The molecule has 0 radical (unpaired) electrons. The van der Waals surface area contributed by atoms with Crippen LogP contribution in [-0.2, 0) is 14.3 Å². The van der Waals surface area contributed by atoms with Crippen molar-refractivity contribution in [1.29, 1.82) is 0 Å². The van der Waals surface area contributed by atoms with Crippen molar-refractivity contribution in [3.05, 3.63) is 101 Å². The van der Waals surface area contributed by atoms with Gasteiger partial charge >= 0.3 is 5.97 Å². The molecule has 0 bridgehead atoms. The summed E-state index contributed by atoms with van der Waals surface area (Å²) in [6.07, 6.45) is 5.01. The van der Waals surface area contributed by atoms with Crippen molar-refractivity contribution in [3.8, 4) is 17.0 Å². The number of hydrogen-bond acceptors (Lipinski definition) is 7. The first kappa shape index (κ1) is 26.4. The second-order valence-electron chi connectivity index (χ2n) is 9.95. The van der Waals surface area contributed by atoms with Gasteiger partial charge in [-0.1, -0.05) is 48.0 Å². The summed E-state index contributed by atoms with van der Waals surface area (Å²) in [7, 11) is 0. The van der Waals surface area contributed by atoms with Gasteiger partial charge in [-0.25, -0.2) is 9.78 Å². The Hall–Kier alpha value is -4.82. The van der Waals surface area contributed by atoms with Crippen LogP contribution in [0.3, 0.4) is 0 Å². The quantitative estimate of drug-likeness (QED) is 0.137. The molecule has 1 N–H and O–H groups in total. The molecular formula is C32H23ClN2O6. The van der Waals surface area contributed by atoms with Crippen molar-refractivity contribution in [2.75, 3.05) is 11.5 Å². The van der Waals surface area contributed by atoms with Crippen molar-refractivity contribution in [3.63, 3.8) is 0 Å². The van der Waals surface area contributed by atoms with Crippen LogP contribution in [0.5, 0.6) is 5.75 Å². The van der Waals surface area contributed by atoms with Gasteiger partial charge in [0.1, 0.15) is 5.75 Å². The van der Waals surface area contributed by atoms with E-state index in [1.807, 2.05) is 12.2 Å². The predicted octanol–water partition coefficient (Wildman–Crippen LogP) is 5.76. The summed E-state index contributed by atoms with van der Waals surface area (Å²) < 4.78 is 5.34. The van der Waals surface area contributed by atoms with Gasteiger partial charge in [0.2, 0.25) is 17.6 Å². The number of hydrogen-bond donors (Lipinski definition) is 1. The molecule has 0 spiro atoms. The van der Waals surface area contributed by atoms with Gasteiger partial charge in [-0.05, 0) is 61.4 Å². The van der Waals surface area contributed by atoms with E-state index in [-0.39, 0.29) is 40.5 Å². The number of anilines is 1. The molecular weight excluding hydrogens is 544 g/mol. The van der Waals surface area contributed by atoms with E-state index in [2.05, 4.69) is 4.98 Å². The summed E-state index contributed by atoms with van der Waals surface area (Å²) in [5.41, 5.74) is 2.26. The van der Waals surface area contributed by atoms with Gasteiger partial charge in [0.05, 0.1) is 39.9 Å². The Labute approximate surface area is 239 Å². The van der Waals surface area contributed by atoms with Crippen LogP contribution in [0.1, 0.15) is 33.6 Å². The second kappa shape index (κ2) is 10.6. The van der Waals surface area contributed by atoms with E-state index in [1.54, 1.807) is 60.7 Å². The second-order valence-corrected chi connectivity index (χ2v) is 10.4. The van der Waals surface area contributed by atoms with Crippen molar-refractivity contribution < 1.29 is 29.0 Å². The number of carbonyl (C=O) groups excluding carboxylic acids is 4. The maximum absolute atomic E-state index is 13.2. The number of halogens is 1. The Balaban J connectivity index is 1.29. The number of pyridine rings is 1. The Kier molecular flexibility index (Phi) is 6.85. The molecule has 204 valence electrons. The number of aromatic nitrogens is 1. The molecule has 2 atom stereocenters. The Morgan fingerprint density at radius 3 is 2.27 bits per heavy atom. The zero-order valence-electron chi connectivity index (χ0n) is 21.6. The zero-order valence-corrected chi connectivity index (χ0v) is 22.4. The van der Waals surface area contributed by atoms with E-state index < -0.39 is 18.4 Å². The number of ether oxygens (including phenoxy) is 1. The number of aromatic hydroxyl groups is 1. The lowest BCUT2D eigenvalue weighted by molar-refractivity contribution is -0.122. The number of Topliss-reactive ketones (excluding diaryl/α,β-unsaturated/α-hetero) is 1. The van der Waals surface area contributed by atoms with Crippen LogP contribution in [-0.4, -0.2) is 40.3 Å². The first-order valence-electron chi connectivity index (χ1n) is 13.0. The van der Waals surface area contributed by atoms with Gasteiger partial charge in [-0.3, -0.25) is 19.3 Å². The molecule has 2 heterocycles. The Morgan fingerprint density at radius 1 is 0.902 bits per heavy atom. The number of rotatable bonds is 6. The molecule has 41 heavy (non-hydrogen) atoms. The summed E-state index contributed by atoms with van der Waals surface area (Å²) in [4.78, 5) is 57.6. The number of esters is 1. The smallest absolute Gasteiger partial charge is 0.339 e. The molecule has 6 rings (SSSR count). The minimum Gasteiger partial charge on any atom is -0.507 e. The molecule has 1 aromatic heterocycles. The molecule has 3 aromatic carbocycles. The minimum atomic E-state index is -0.759. The number of imide groups is 1. The fourth-order valence-electron chi connectivity index (χ4n) is 5.35. The topological polar surface area (TPSA) is 114 Å². The molecule has 1 fully saturated rings. The molecule has 1 saturated heterocycles. The van der Waals surface area contributed by atoms with Crippen LogP contribution in [0.2, 0.25) is 5.02 Å². The first-order chi connectivity index (χ1) is 19.8.